The normalized spacial score (nSPS) is 10.8. The van der Waals surface area contributed by atoms with E-state index in [1.807, 2.05) is 6.92 Å². The molecule has 0 aliphatic heterocycles. The first kappa shape index (κ1) is 13.4. The Bertz CT molecular complexity index is 429. The fraction of sp³-hybridized carbons (Fsp3) is 0.308. The van der Waals surface area contributed by atoms with Crippen LogP contribution in [0.2, 0.25) is 0 Å². The van der Waals surface area contributed by atoms with E-state index in [2.05, 4.69) is 0 Å². The molecule has 0 aromatic heterocycles. The zero-order valence-electron chi connectivity index (χ0n) is 9.91. The second-order valence-corrected chi connectivity index (χ2v) is 3.60. The molecule has 0 fully saturated rings. The minimum Gasteiger partial charge on any atom is -0.335 e. The zero-order valence-corrected chi connectivity index (χ0v) is 9.91. The number of rotatable bonds is 4. The summed E-state index contributed by atoms with van der Waals surface area (Å²) in [6, 6.07) is 3.66. The largest absolute Gasteiger partial charge is 0.335 e. The van der Waals surface area contributed by atoms with Crippen LogP contribution in [0.5, 0.6) is 0 Å². The first-order valence-corrected chi connectivity index (χ1v) is 5.44. The molecule has 0 spiro atoms. The molecule has 0 heterocycles. The summed E-state index contributed by atoms with van der Waals surface area (Å²) in [4.78, 5) is 13.2. The Hall–Kier alpha value is -1.71. The highest BCUT2D eigenvalue weighted by Gasteiger charge is 2.10. The lowest BCUT2D eigenvalue weighted by atomic mass is 10.2. The lowest BCUT2D eigenvalue weighted by molar-refractivity contribution is -0.126. The van der Waals surface area contributed by atoms with Gasteiger partial charge in [-0.15, -0.1) is 0 Å². The van der Waals surface area contributed by atoms with E-state index in [4.69, 9.17) is 0 Å². The number of carbonyl (C=O) groups is 1. The predicted molar refractivity (Wildman–Crippen MR) is 62.3 cm³/mol. The van der Waals surface area contributed by atoms with E-state index in [0.717, 1.165) is 12.1 Å². The third-order valence-electron chi connectivity index (χ3n) is 2.36. The van der Waals surface area contributed by atoms with Crippen molar-refractivity contribution >= 4 is 5.91 Å². The van der Waals surface area contributed by atoms with Crippen LogP contribution in [0.4, 0.5) is 8.78 Å². The Morgan fingerprint density at radius 1 is 1.35 bits per heavy atom. The van der Waals surface area contributed by atoms with Crippen LogP contribution in [0.3, 0.4) is 0 Å². The van der Waals surface area contributed by atoms with Gasteiger partial charge in [-0.3, -0.25) is 4.79 Å². The number of hydrogen-bond acceptors (Lipinski definition) is 1. The third-order valence-corrected chi connectivity index (χ3v) is 2.36. The minimum atomic E-state index is -0.892. The molecule has 0 saturated heterocycles. The molecule has 0 atom stereocenters. The number of likely N-dealkylation sites (N-methyl/N-ethyl adjacent to an activating group) is 1. The second-order valence-electron chi connectivity index (χ2n) is 3.60. The van der Waals surface area contributed by atoms with Crippen molar-refractivity contribution in [2.75, 3.05) is 6.54 Å². The van der Waals surface area contributed by atoms with E-state index in [-0.39, 0.29) is 12.5 Å². The molecule has 1 rings (SSSR count). The Morgan fingerprint density at radius 2 is 2.06 bits per heavy atom. The van der Waals surface area contributed by atoms with Crippen LogP contribution in [0, 0.1) is 11.6 Å². The van der Waals surface area contributed by atoms with E-state index in [0.29, 0.717) is 12.1 Å². The quantitative estimate of drug-likeness (QED) is 0.740. The van der Waals surface area contributed by atoms with Gasteiger partial charge in [-0.1, -0.05) is 12.1 Å². The van der Waals surface area contributed by atoms with E-state index in [9.17, 15) is 13.6 Å². The maximum Gasteiger partial charge on any atom is 0.246 e. The molecule has 92 valence electrons. The average Bonchev–Trinajstić information content (AvgIpc) is 2.30. The second kappa shape index (κ2) is 6.13. The van der Waals surface area contributed by atoms with Crippen LogP contribution < -0.4 is 0 Å². The number of hydrogen-bond donors (Lipinski definition) is 0. The van der Waals surface area contributed by atoms with Crippen LogP contribution in [-0.4, -0.2) is 17.4 Å². The monoisotopic (exact) mass is 239 g/mol. The van der Waals surface area contributed by atoms with Gasteiger partial charge < -0.3 is 4.90 Å². The lowest BCUT2D eigenvalue weighted by Gasteiger charge is -2.19. The summed E-state index contributed by atoms with van der Waals surface area (Å²) >= 11 is 0. The third kappa shape index (κ3) is 3.66. The maximum atomic E-state index is 13.0. The SMILES string of the molecule is CC=CC(=O)N(CC)Cc1ccc(F)c(F)c1. The van der Waals surface area contributed by atoms with Crippen molar-refractivity contribution in [1.29, 1.82) is 0 Å². The van der Waals surface area contributed by atoms with Crippen molar-refractivity contribution in [1.82, 2.24) is 4.90 Å². The van der Waals surface area contributed by atoms with Gasteiger partial charge in [0, 0.05) is 13.1 Å². The molecular weight excluding hydrogens is 224 g/mol. The molecule has 17 heavy (non-hydrogen) atoms. The Kier molecular flexibility index (Phi) is 4.82. The molecule has 1 aromatic rings. The molecule has 2 nitrogen and oxygen atoms in total. The average molecular weight is 239 g/mol. The summed E-state index contributed by atoms with van der Waals surface area (Å²) in [6.45, 7) is 4.38. The van der Waals surface area contributed by atoms with E-state index in [1.54, 1.807) is 17.9 Å². The Balaban J connectivity index is 2.80. The fourth-order valence-electron chi connectivity index (χ4n) is 1.45. The van der Waals surface area contributed by atoms with Crippen molar-refractivity contribution in [3.8, 4) is 0 Å². The number of carbonyl (C=O) groups excluding carboxylic acids is 1. The summed E-state index contributed by atoms with van der Waals surface area (Å²) in [5.74, 6) is -1.91. The molecule has 0 radical (unpaired) electrons. The van der Waals surface area contributed by atoms with Gasteiger partial charge in [-0.25, -0.2) is 8.78 Å². The maximum absolute atomic E-state index is 13.0. The lowest BCUT2D eigenvalue weighted by Crippen LogP contribution is -2.28. The van der Waals surface area contributed by atoms with Crippen LogP contribution >= 0.6 is 0 Å². The van der Waals surface area contributed by atoms with Crippen molar-refractivity contribution in [2.24, 2.45) is 0 Å². The van der Waals surface area contributed by atoms with Gasteiger partial charge in [0.05, 0.1) is 0 Å². The molecule has 1 amide bonds. The van der Waals surface area contributed by atoms with Crippen LogP contribution in [0.1, 0.15) is 19.4 Å². The molecule has 0 bridgehead atoms. The molecule has 0 aliphatic rings. The summed E-state index contributed by atoms with van der Waals surface area (Å²) in [5, 5.41) is 0. The van der Waals surface area contributed by atoms with Crippen LogP contribution in [0.25, 0.3) is 0 Å². The Labute approximate surface area is 99.5 Å². The number of halogens is 2. The topological polar surface area (TPSA) is 20.3 Å². The summed E-state index contributed by atoms with van der Waals surface area (Å²) < 4.78 is 25.7. The predicted octanol–water partition coefficient (Wildman–Crippen LogP) is 2.89. The molecule has 0 aliphatic carbocycles. The summed E-state index contributed by atoms with van der Waals surface area (Å²) in [6.07, 6.45) is 3.10. The highest BCUT2D eigenvalue weighted by molar-refractivity contribution is 5.87. The van der Waals surface area contributed by atoms with Gasteiger partial charge in [-0.2, -0.15) is 0 Å². The van der Waals surface area contributed by atoms with Gasteiger partial charge >= 0.3 is 0 Å². The van der Waals surface area contributed by atoms with Crippen molar-refractivity contribution < 1.29 is 13.6 Å². The van der Waals surface area contributed by atoms with Crippen LogP contribution in [-0.2, 0) is 11.3 Å². The molecular formula is C13H15F2NO. The summed E-state index contributed by atoms with van der Waals surface area (Å²) in [5.41, 5.74) is 0.573. The zero-order chi connectivity index (χ0) is 12.8. The van der Waals surface area contributed by atoms with E-state index < -0.39 is 11.6 Å². The number of benzene rings is 1. The van der Waals surface area contributed by atoms with Crippen LogP contribution in [0.15, 0.2) is 30.4 Å². The molecule has 0 unspecified atom stereocenters. The standard InChI is InChI=1S/C13H15F2NO/c1-3-5-13(17)16(4-2)9-10-6-7-11(14)12(15)8-10/h3,5-8H,4,9H2,1-2H3. The first-order chi connectivity index (χ1) is 8.08. The number of nitrogens with zero attached hydrogens (tertiary/aromatic N) is 1. The van der Waals surface area contributed by atoms with Crippen molar-refractivity contribution in [3.05, 3.63) is 47.5 Å². The summed E-state index contributed by atoms with van der Waals surface area (Å²) in [7, 11) is 0. The van der Waals surface area contributed by atoms with Gasteiger partial charge in [0.1, 0.15) is 0 Å². The van der Waals surface area contributed by atoms with Gasteiger partial charge in [-0.05, 0) is 37.6 Å². The molecule has 0 N–H and O–H groups in total. The molecule has 4 heteroatoms. The molecule has 0 saturated carbocycles. The Morgan fingerprint density at radius 3 is 2.59 bits per heavy atom. The highest BCUT2D eigenvalue weighted by Crippen LogP contribution is 2.11. The van der Waals surface area contributed by atoms with Gasteiger partial charge in [0.2, 0.25) is 5.91 Å². The van der Waals surface area contributed by atoms with E-state index >= 15 is 0 Å². The molecule has 1 aromatic carbocycles. The first-order valence-electron chi connectivity index (χ1n) is 5.44. The fourth-order valence-corrected chi connectivity index (χ4v) is 1.45. The van der Waals surface area contributed by atoms with E-state index in [1.165, 1.54) is 12.1 Å². The van der Waals surface area contributed by atoms with Gasteiger partial charge in [0.15, 0.2) is 11.6 Å². The van der Waals surface area contributed by atoms with Gasteiger partial charge in [0.25, 0.3) is 0 Å². The van der Waals surface area contributed by atoms with Crippen molar-refractivity contribution in [3.63, 3.8) is 0 Å². The van der Waals surface area contributed by atoms with Crippen molar-refractivity contribution in [2.45, 2.75) is 20.4 Å². The highest BCUT2D eigenvalue weighted by atomic mass is 19.2. The minimum absolute atomic E-state index is 0.139. The number of amides is 1. The number of allylic oxidation sites excluding steroid dienone is 1. The smallest absolute Gasteiger partial charge is 0.246 e.